The number of benzene rings is 2. The summed E-state index contributed by atoms with van der Waals surface area (Å²) in [5, 5.41) is 0. The zero-order chi connectivity index (χ0) is 17.4. The van der Waals surface area contributed by atoms with E-state index in [1.165, 1.54) is 47.1 Å². The van der Waals surface area contributed by atoms with Gasteiger partial charge in [-0.15, -0.1) is 0 Å². The van der Waals surface area contributed by atoms with E-state index in [2.05, 4.69) is 37.0 Å². The lowest BCUT2D eigenvalue weighted by Crippen LogP contribution is -2.40. The highest BCUT2D eigenvalue weighted by Gasteiger charge is 2.28. The standard InChI is InChI=1S/C23H26FN/c1-16-11-17(2)22-14-20(13-19(22)12-16)23-5-3-4-10-25(23)15-18-6-8-21(24)9-7-18/h6-9,11-12,14,23H,3-5,10,13,15H2,1-2H3. The molecule has 0 radical (unpaired) electrons. The predicted molar refractivity (Wildman–Crippen MR) is 102 cm³/mol. The Morgan fingerprint density at radius 1 is 1.08 bits per heavy atom. The Hall–Kier alpha value is -1.93. The molecule has 1 fully saturated rings. The molecule has 0 aromatic heterocycles. The molecule has 2 aromatic carbocycles. The molecule has 1 unspecified atom stereocenters. The number of halogens is 1. The van der Waals surface area contributed by atoms with Gasteiger partial charge in [-0.1, -0.05) is 42.3 Å². The number of rotatable bonds is 3. The maximum Gasteiger partial charge on any atom is 0.123 e. The topological polar surface area (TPSA) is 3.24 Å². The molecule has 1 aliphatic heterocycles. The van der Waals surface area contributed by atoms with Gasteiger partial charge >= 0.3 is 0 Å². The molecule has 0 spiro atoms. The second kappa shape index (κ2) is 6.76. The van der Waals surface area contributed by atoms with Gasteiger partial charge in [-0.05, 0) is 79.6 Å². The summed E-state index contributed by atoms with van der Waals surface area (Å²) >= 11 is 0. The van der Waals surface area contributed by atoms with Gasteiger partial charge in [-0.2, -0.15) is 0 Å². The lowest BCUT2D eigenvalue weighted by molar-refractivity contribution is 0.163. The molecule has 1 aliphatic carbocycles. The molecule has 2 heteroatoms. The van der Waals surface area contributed by atoms with Crippen LogP contribution >= 0.6 is 0 Å². The van der Waals surface area contributed by atoms with Crippen molar-refractivity contribution in [3.8, 4) is 0 Å². The van der Waals surface area contributed by atoms with Gasteiger partial charge in [0.2, 0.25) is 0 Å². The fourth-order valence-corrected chi connectivity index (χ4v) is 4.51. The van der Waals surface area contributed by atoms with Crippen LogP contribution in [0.15, 0.2) is 42.0 Å². The maximum absolute atomic E-state index is 13.2. The van der Waals surface area contributed by atoms with Crippen LogP contribution in [0.5, 0.6) is 0 Å². The van der Waals surface area contributed by atoms with Crippen LogP contribution in [0.3, 0.4) is 0 Å². The van der Waals surface area contributed by atoms with Gasteiger partial charge in [0, 0.05) is 12.6 Å². The van der Waals surface area contributed by atoms with Gasteiger partial charge in [0.15, 0.2) is 0 Å². The minimum Gasteiger partial charge on any atom is -0.292 e. The van der Waals surface area contributed by atoms with Crippen LogP contribution in [0.4, 0.5) is 4.39 Å². The first-order valence-corrected chi connectivity index (χ1v) is 9.39. The zero-order valence-electron chi connectivity index (χ0n) is 15.2. The molecule has 1 nitrogen and oxygen atoms in total. The normalized spacial score (nSPS) is 20.4. The molecular weight excluding hydrogens is 309 g/mol. The second-order valence-corrected chi connectivity index (χ2v) is 7.66. The van der Waals surface area contributed by atoms with E-state index >= 15 is 0 Å². The third-order valence-corrected chi connectivity index (χ3v) is 5.68. The van der Waals surface area contributed by atoms with Crippen LogP contribution in [0, 0.1) is 19.7 Å². The summed E-state index contributed by atoms with van der Waals surface area (Å²) in [7, 11) is 0. The summed E-state index contributed by atoms with van der Waals surface area (Å²) in [6, 6.07) is 12.1. The first-order chi connectivity index (χ1) is 12.1. The van der Waals surface area contributed by atoms with Crippen molar-refractivity contribution in [3.05, 3.63) is 75.6 Å². The Balaban J connectivity index is 1.57. The molecule has 25 heavy (non-hydrogen) atoms. The van der Waals surface area contributed by atoms with Gasteiger partial charge in [-0.25, -0.2) is 4.39 Å². The molecule has 0 saturated carbocycles. The highest BCUT2D eigenvalue weighted by molar-refractivity contribution is 5.68. The van der Waals surface area contributed by atoms with Crippen molar-refractivity contribution < 1.29 is 4.39 Å². The van der Waals surface area contributed by atoms with Crippen LogP contribution in [-0.4, -0.2) is 17.5 Å². The van der Waals surface area contributed by atoms with Crippen LogP contribution in [0.25, 0.3) is 6.08 Å². The van der Waals surface area contributed by atoms with E-state index in [-0.39, 0.29) is 5.82 Å². The molecule has 0 bridgehead atoms. The van der Waals surface area contributed by atoms with E-state index in [0.29, 0.717) is 6.04 Å². The Labute approximate surface area is 150 Å². The molecule has 1 atom stereocenters. The average Bonchev–Trinajstić information content (AvgIpc) is 3.01. The van der Waals surface area contributed by atoms with Crippen molar-refractivity contribution >= 4 is 6.08 Å². The molecule has 0 amide bonds. The minimum atomic E-state index is -0.154. The maximum atomic E-state index is 13.2. The summed E-state index contributed by atoms with van der Waals surface area (Å²) in [5.74, 6) is -0.154. The van der Waals surface area contributed by atoms with Gasteiger partial charge in [-0.3, -0.25) is 4.90 Å². The van der Waals surface area contributed by atoms with E-state index in [1.807, 2.05) is 12.1 Å². The Bertz CT molecular complexity index is 804. The SMILES string of the molecule is Cc1cc(C)c2c(c1)CC(C1CCCCN1Cc1ccc(F)cc1)=C2. The van der Waals surface area contributed by atoms with E-state index < -0.39 is 0 Å². The number of hydrogen-bond acceptors (Lipinski definition) is 1. The first-order valence-electron chi connectivity index (χ1n) is 9.39. The summed E-state index contributed by atoms with van der Waals surface area (Å²) < 4.78 is 13.2. The highest BCUT2D eigenvalue weighted by atomic mass is 19.1. The Kier molecular flexibility index (Phi) is 4.47. The highest BCUT2D eigenvalue weighted by Crippen LogP contribution is 2.35. The summed E-state index contributed by atoms with van der Waals surface area (Å²) in [6.07, 6.45) is 7.32. The molecule has 1 saturated heterocycles. The van der Waals surface area contributed by atoms with Crippen LogP contribution in [0.2, 0.25) is 0 Å². The molecule has 2 aromatic rings. The Morgan fingerprint density at radius 2 is 1.88 bits per heavy atom. The van der Waals surface area contributed by atoms with Crippen molar-refractivity contribution in [2.75, 3.05) is 6.54 Å². The molecule has 130 valence electrons. The van der Waals surface area contributed by atoms with E-state index in [0.717, 1.165) is 19.5 Å². The molecule has 2 aliphatic rings. The van der Waals surface area contributed by atoms with Gasteiger partial charge in [0.25, 0.3) is 0 Å². The smallest absolute Gasteiger partial charge is 0.123 e. The summed E-state index contributed by atoms with van der Waals surface area (Å²) in [4.78, 5) is 2.59. The largest absolute Gasteiger partial charge is 0.292 e. The number of piperidine rings is 1. The van der Waals surface area contributed by atoms with Crippen molar-refractivity contribution in [2.45, 2.75) is 52.1 Å². The van der Waals surface area contributed by atoms with Gasteiger partial charge in [0.05, 0.1) is 0 Å². The van der Waals surface area contributed by atoms with Crippen LogP contribution < -0.4 is 0 Å². The van der Waals surface area contributed by atoms with Crippen LogP contribution in [-0.2, 0) is 13.0 Å². The number of fused-ring (bicyclic) bond motifs is 1. The monoisotopic (exact) mass is 335 g/mol. The third-order valence-electron chi connectivity index (χ3n) is 5.68. The van der Waals surface area contributed by atoms with Crippen molar-refractivity contribution in [1.29, 1.82) is 0 Å². The van der Waals surface area contributed by atoms with Crippen molar-refractivity contribution in [1.82, 2.24) is 4.90 Å². The first kappa shape index (κ1) is 16.5. The Morgan fingerprint density at radius 3 is 2.68 bits per heavy atom. The second-order valence-electron chi connectivity index (χ2n) is 7.66. The van der Waals surface area contributed by atoms with Crippen LogP contribution in [0.1, 0.15) is 47.1 Å². The predicted octanol–water partition coefficient (Wildman–Crippen LogP) is 5.44. The molecule has 1 heterocycles. The zero-order valence-corrected chi connectivity index (χ0v) is 15.2. The fourth-order valence-electron chi connectivity index (χ4n) is 4.51. The van der Waals surface area contributed by atoms with E-state index in [1.54, 1.807) is 17.7 Å². The molecule has 0 N–H and O–H groups in total. The third kappa shape index (κ3) is 3.41. The van der Waals surface area contributed by atoms with Crippen molar-refractivity contribution in [3.63, 3.8) is 0 Å². The van der Waals surface area contributed by atoms with E-state index in [9.17, 15) is 4.39 Å². The summed E-state index contributed by atoms with van der Waals surface area (Å²) in [6.45, 7) is 6.46. The minimum absolute atomic E-state index is 0.154. The summed E-state index contributed by atoms with van der Waals surface area (Å²) in [5.41, 5.74) is 8.44. The van der Waals surface area contributed by atoms with Crippen molar-refractivity contribution in [2.24, 2.45) is 0 Å². The van der Waals surface area contributed by atoms with Gasteiger partial charge < -0.3 is 0 Å². The number of nitrogens with zero attached hydrogens (tertiary/aromatic N) is 1. The van der Waals surface area contributed by atoms with E-state index in [4.69, 9.17) is 0 Å². The number of hydrogen-bond donors (Lipinski definition) is 0. The lowest BCUT2D eigenvalue weighted by Gasteiger charge is -2.37. The fraction of sp³-hybridized carbons (Fsp3) is 0.391. The lowest BCUT2D eigenvalue weighted by atomic mass is 9.93. The van der Waals surface area contributed by atoms with Gasteiger partial charge in [0.1, 0.15) is 5.82 Å². The molecular formula is C23H26FN. The number of likely N-dealkylation sites (tertiary alicyclic amines) is 1. The number of aryl methyl sites for hydroxylation is 2. The molecule has 4 rings (SSSR count). The quantitative estimate of drug-likeness (QED) is 0.722. The average molecular weight is 335 g/mol.